The first-order valence-corrected chi connectivity index (χ1v) is 8.83. The van der Waals surface area contributed by atoms with Gasteiger partial charge < -0.3 is 9.47 Å². The number of benzene rings is 1. The number of thioether (sulfide) groups is 1. The van der Waals surface area contributed by atoms with Gasteiger partial charge >= 0.3 is 12.1 Å². The summed E-state index contributed by atoms with van der Waals surface area (Å²) in [6.07, 6.45) is -0.600. The number of thiocarbonyl (C=S) groups is 1. The summed E-state index contributed by atoms with van der Waals surface area (Å²) in [7, 11) is 1.70. The fourth-order valence-corrected chi connectivity index (χ4v) is 3.17. The summed E-state index contributed by atoms with van der Waals surface area (Å²) < 4.78 is 10.3. The molecule has 0 aliphatic carbocycles. The van der Waals surface area contributed by atoms with Gasteiger partial charge in [0.15, 0.2) is 4.32 Å². The Bertz CT molecular complexity index is 568. The molecule has 0 heterocycles. The maximum atomic E-state index is 12.3. The van der Waals surface area contributed by atoms with Gasteiger partial charge in [0.1, 0.15) is 5.25 Å². The molecule has 0 radical (unpaired) electrons. The van der Waals surface area contributed by atoms with Gasteiger partial charge in [-0.2, -0.15) is 5.01 Å². The molecular weight excluding hydrogens is 348 g/mol. The second-order valence-electron chi connectivity index (χ2n) is 4.65. The molecule has 1 unspecified atom stereocenters. The summed E-state index contributed by atoms with van der Waals surface area (Å²) in [4.78, 5) is 24.1. The number of carbonyl (C=O) groups is 2. The molecule has 0 aliphatic heterocycles. The highest BCUT2D eigenvalue weighted by molar-refractivity contribution is 8.23. The van der Waals surface area contributed by atoms with Crippen LogP contribution in [0.4, 0.5) is 10.5 Å². The first kappa shape index (κ1) is 20.2. The van der Waals surface area contributed by atoms with Crippen LogP contribution in [0.15, 0.2) is 30.3 Å². The van der Waals surface area contributed by atoms with E-state index in [-0.39, 0.29) is 16.9 Å². The monoisotopic (exact) mass is 370 g/mol. The Labute approximate surface area is 152 Å². The molecule has 24 heavy (non-hydrogen) atoms. The SMILES string of the molecule is CCOC(=O)C(C)SC(=S)N(C(=O)OCC)N(C)c1ccccc1. The standard InChI is InChI=1S/C16H22N2O4S2/c1-5-21-14(19)12(3)24-16(23)18(15(20)22-6-2)17(4)13-10-8-7-9-11-13/h7-12H,5-6H2,1-4H3. The van der Waals surface area contributed by atoms with Crippen LogP contribution in [-0.2, 0) is 14.3 Å². The number of carbonyl (C=O) groups excluding carboxylic acids is 2. The molecule has 1 aromatic carbocycles. The van der Waals surface area contributed by atoms with Gasteiger partial charge in [0, 0.05) is 7.05 Å². The molecule has 8 heteroatoms. The van der Waals surface area contributed by atoms with E-state index < -0.39 is 11.3 Å². The molecule has 0 aromatic heterocycles. The number of para-hydroxylation sites is 1. The molecule has 0 saturated heterocycles. The van der Waals surface area contributed by atoms with Crippen molar-refractivity contribution >= 4 is 46.1 Å². The van der Waals surface area contributed by atoms with E-state index in [0.29, 0.717) is 6.61 Å². The predicted octanol–water partition coefficient (Wildman–Crippen LogP) is 3.47. The van der Waals surface area contributed by atoms with Crippen LogP contribution in [0.1, 0.15) is 20.8 Å². The van der Waals surface area contributed by atoms with Crippen LogP contribution >= 0.6 is 24.0 Å². The third kappa shape index (κ3) is 5.68. The second-order valence-corrected chi connectivity index (χ2v) is 6.62. The van der Waals surface area contributed by atoms with Crippen LogP contribution in [0.3, 0.4) is 0 Å². The Balaban J connectivity index is 2.95. The number of nitrogens with zero attached hydrogens (tertiary/aromatic N) is 2. The minimum atomic E-state index is -0.600. The Kier molecular flexibility index (Phi) is 8.56. The van der Waals surface area contributed by atoms with Crippen LogP contribution in [-0.4, -0.2) is 46.9 Å². The molecule has 6 nitrogen and oxygen atoms in total. The molecular formula is C16H22N2O4S2. The van der Waals surface area contributed by atoms with Gasteiger partial charge in [0.2, 0.25) is 0 Å². The first-order valence-electron chi connectivity index (χ1n) is 7.55. The van der Waals surface area contributed by atoms with E-state index in [1.807, 2.05) is 30.3 Å². The fraction of sp³-hybridized carbons (Fsp3) is 0.438. The molecule has 1 rings (SSSR count). The Hall–Kier alpha value is -1.80. The molecule has 0 aliphatic rings. The van der Waals surface area contributed by atoms with Crippen molar-refractivity contribution in [2.24, 2.45) is 0 Å². The molecule has 1 atom stereocenters. The first-order chi connectivity index (χ1) is 11.4. The number of amides is 1. The zero-order chi connectivity index (χ0) is 18.1. The van der Waals surface area contributed by atoms with Gasteiger partial charge in [-0.15, -0.1) is 0 Å². The quantitative estimate of drug-likeness (QED) is 0.432. The molecule has 0 fully saturated rings. The minimum absolute atomic E-state index is 0.209. The Morgan fingerprint density at radius 1 is 1.17 bits per heavy atom. The lowest BCUT2D eigenvalue weighted by atomic mass is 10.3. The third-order valence-electron chi connectivity index (χ3n) is 2.94. The predicted molar refractivity (Wildman–Crippen MR) is 100.0 cm³/mol. The summed E-state index contributed by atoms with van der Waals surface area (Å²) in [6.45, 7) is 5.65. The van der Waals surface area contributed by atoms with Crippen molar-refractivity contribution in [1.29, 1.82) is 0 Å². The Morgan fingerprint density at radius 3 is 2.29 bits per heavy atom. The van der Waals surface area contributed by atoms with E-state index in [1.54, 1.807) is 32.8 Å². The summed E-state index contributed by atoms with van der Waals surface area (Å²) >= 11 is 6.43. The normalized spacial score (nSPS) is 11.3. The highest BCUT2D eigenvalue weighted by Crippen LogP contribution is 2.23. The van der Waals surface area contributed by atoms with E-state index >= 15 is 0 Å². The lowest BCUT2D eigenvalue weighted by Crippen LogP contribution is -2.47. The average molecular weight is 370 g/mol. The largest absolute Gasteiger partial charge is 0.465 e. The second kappa shape index (κ2) is 10.1. The van der Waals surface area contributed by atoms with Crippen LogP contribution in [0, 0.1) is 0 Å². The van der Waals surface area contributed by atoms with Gasteiger partial charge in [-0.3, -0.25) is 9.80 Å². The molecule has 1 aromatic rings. The van der Waals surface area contributed by atoms with Crippen molar-refractivity contribution in [2.75, 3.05) is 25.3 Å². The number of ether oxygens (including phenoxy) is 2. The lowest BCUT2D eigenvalue weighted by molar-refractivity contribution is -0.142. The van der Waals surface area contributed by atoms with Crippen LogP contribution in [0.2, 0.25) is 0 Å². The van der Waals surface area contributed by atoms with Crippen LogP contribution in [0.25, 0.3) is 0 Å². The van der Waals surface area contributed by atoms with Gasteiger partial charge in [0.05, 0.1) is 18.9 Å². The van der Waals surface area contributed by atoms with Gasteiger partial charge in [-0.25, -0.2) is 4.79 Å². The van der Waals surface area contributed by atoms with Crippen molar-refractivity contribution in [3.8, 4) is 0 Å². The molecule has 132 valence electrons. The maximum Gasteiger partial charge on any atom is 0.434 e. The van der Waals surface area contributed by atoms with Crippen LogP contribution in [0.5, 0.6) is 0 Å². The lowest BCUT2D eigenvalue weighted by Gasteiger charge is -2.32. The smallest absolute Gasteiger partial charge is 0.434 e. The topological polar surface area (TPSA) is 59.1 Å². The highest BCUT2D eigenvalue weighted by Gasteiger charge is 2.28. The van der Waals surface area contributed by atoms with E-state index in [2.05, 4.69) is 0 Å². The highest BCUT2D eigenvalue weighted by atomic mass is 32.2. The van der Waals surface area contributed by atoms with Gasteiger partial charge in [-0.05, 0) is 32.9 Å². The number of hydrazine groups is 1. The van der Waals surface area contributed by atoms with Crippen LogP contribution < -0.4 is 5.01 Å². The number of hydrogen-bond donors (Lipinski definition) is 0. The van der Waals surface area contributed by atoms with Crippen molar-refractivity contribution in [1.82, 2.24) is 5.01 Å². The fourth-order valence-electron chi connectivity index (χ4n) is 1.77. The molecule has 0 saturated carbocycles. The van der Waals surface area contributed by atoms with E-state index in [9.17, 15) is 9.59 Å². The van der Waals surface area contributed by atoms with E-state index in [0.717, 1.165) is 17.4 Å². The van der Waals surface area contributed by atoms with Gasteiger partial charge in [-0.1, -0.05) is 42.2 Å². The maximum absolute atomic E-state index is 12.3. The molecule has 0 spiro atoms. The van der Waals surface area contributed by atoms with Crippen molar-refractivity contribution in [2.45, 2.75) is 26.0 Å². The van der Waals surface area contributed by atoms with E-state index in [1.165, 1.54) is 5.01 Å². The number of esters is 1. The van der Waals surface area contributed by atoms with Crippen molar-refractivity contribution in [3.63, 3.8) is 0 Å². The summed E-state index contributed by atoms with van der Waals surface area (Å²) in [5.41, 5.74) is 0.761. The zero-order valence-electron chi connectivity index (χ0n) is 14.2. The third-order valence-corrected chi connectivity index (χ3v) is 4.32. The van der Waals surface area contributed by atoms with Crippen molar-refractivity contribution < 1.29 is 19.1 Å². The number of rotatable bonds is 6. The number of anilines is 1. The summed E-state index contributed by atoms with van der Waals surface area (Å²) in [5.74, 6) is -0.379. The number of hydrogen-bond acceptors (Lipinski definition) is 7. The summed E-state index contributed by atoms with van der Waals surface area (Å²) in [6, 6.07) is 9.27. The zero-order valence-corrected chi connectivity index (χ0v) is 15.9. The minimum Gasteiger partial charge on any atom is -0.465 e. The van der Waals surface area contributed by atoms with Gasteiger partial charge in [0.25, 0.3) is 0 Å². The van der Waals surface area contributed by atoms with Crippen molar-refractivity contribution in [3.05, 3.63) is 30.3 Å². The molecule has 1 amide bonds. The Morgan fingerprint density at radius 2 is 1.75 bits per heavy atom. The molecule has 0 N–H and O–H groups in total. The summed E-state index contributed by atoms with van der Waals surface area (Å²) in [5, 5.41) is 2.29. The van der Waals surface area contributed by atoms with E-state index in [4.69, 9.17) is 21.7 Å². The average Bonchev–Trinajstić information content (AvgIpc) is 2.56. The molecule has 0 bridgehead atoms.